The van der Waals surface area contributed by atoms with Crippen molar-refractivity contribution in [1.29, 1.82) is 0 Å². The summed E-state index contributed by atoms with van der Waals surface area (Å²) in [6.45, 7) is 6.15. The highest BCUT2D eigenvalue weighted by Gasteiger charge is 2.07. The molecule has 2 rings (SSSR count). The largest absolute Gasteiger partial charge is 0.491 e. The van der Waals surface area contributed by atoms with Gasteiger partial charge in [-0.3, -0.25) is 0 Å². The number of nitrogens with zero attached hydrogens (tertiary/aromatic N) is 2. The second-order valence-corrected chi connectivity index (χ2v) is 4.89. The first kappa shape index (κ1) is 13.5. The molecule has 102 valence electrons. The fraction of sp³-hybridized carbons (Fsp3) is 0.400. The molecule has 2 aromatic rings. The molecular weight excluding hydrogens is 238 g/mol. The molecule has 0 saturated heterocycles. The first-order valence-electron chi connectivity index (χ1n) is 6.70. The van der Waals surface area contributed by atoms with Crippen LogP contribution in [-0.2, 0) is 6.42 Å². The molecule has 4 heteroatoms. The van der Waals surface area contributed by atoms with E-state index in [1.807, 2.05) is 44.4 Å². The smallest absolute Gasteiger partial charge is 0.123 e. The molecule has 19 heavy (non-hydrogen) atoms. The summed E-state index contributed by atoms with van der Waals surface area (Å²) < 4.78 is 7.78. The number of imidazole rings is 1. The van der Waals surface area contributed by atoms with E-state index in [1.54, 1.807) is 0 Å². The van der Waals surface area contributed by atoms with E-state index in [0.717, 1.165) is 30.1 Å². The number of rotatable bonds is 5. The summed E-state index contributed by atoms with van der Waals surface area (Å²) in [4.78, 5) is 4.38. The molecule has 0 atom stereocenters. The van der Waals surface area contributed by atoms with Crippen LogP contribution in [0.1, 0.15) is 33.0 Å². The molecule has 0 radical (unpaired) electrons. The first-order valence-corrected chi connectivity index (χ1v) is 6.70. The molecule has 0 bridgehead atoms. The predicted molar refractivity (Wildman–Crippen MR) is 77.7 cm³/mol. The van der Waals surface area contributed by atoms with E-state index in [9.17, 15) is 0 Å². The Hall–Kier alpha value is -1.97. The van der Waals surface area contributed by atoms with Gasteiger partial charge in [0.1, 0.15) is 11.6 Å². The fourth-order valence-corrected chi connectivity index (χ4v) is 2.06. The molecule has 0 spiro atoms. The van der Waals surface area contributed by atoms with Crippen LogP contribution in [0.5, 0.6) is 5.75 Å². The van der Waals surface area contributed by atoms with Crippen LogP contribution in [0.25, 0.3) is 5.69 Å². The highest BCUT2D eigenvalue weighted by atomic mass is 16.5. The number of aromatic nitrogens is 2. The van der Waals surface area contributed by atoms with Gasteiger partial charge < -0.3 is 15.0 Å². The average molecular weight is 259 g/mol. The van der Waals surface area contributed by atoms with Crippen molar-refractivity contribution < 1.29 is 4.74 Å². The molecule has 1 aromatic heterocycles. The Balaban J connectivity index is 2.38. The number of ether oxygens (including phenoxy) is 1. The van der Waals surface area contributed by atoms with Gasteiger partial charge in [-0.15, -0.1) is 0 Å². The van der Waals surface area contributed by atoms with Gasteiger partial charge in [-0.1, -0.05) is 6.92 Å². The lowest BCUT2D eigenvalue weighted by molar-refractivity contribution is 0.242. The van der Waals surface area contributed by atoms with Crippen molar-refractivity contribution in [3.63, 3.8) is 0 Å². The van der Waals surface area contributed by atoms with Gasteiger partial charge in [0.2, 0.25) is 0 Å². The van der Waals surface area contributed by atoms with E-state index in [4.69, 9.17) is 10.5 Å². The Bertz CT molecular complexity index is 546. The molecule has 4 nitrogen and oxygen atoms in total. The minimum absolute atomic E-state index is 0.132. The zero-order valence-electron chi connectivity index (χ0n) is 11.8. The van der Waals surface area contributed by atoms with Gasteiger partial charge in [0.05, 0.1) is 11.8 Å². The van der Waals surface area contributed by atoms with Crippen LogP contribution in [0.4, 0.5) is 5.69 Å². The number of hydrogen-bond donors (Lipinski definition) is 1. The van der Waals surface area contributed by atoms with Gasteiger partial charge >= 0.3 is 0 Å². The first-order chi connectivity index (χ1) is 9.10. The third kappa shape index (κ3) is 3.28. The third-order valence-electron chi connectivity index (χ3n) is 2.75. The zero-order valence-corrected chi connectivity index (χ0v) is 11.8. The molecule has 0 fully saturated rings. The van der Waals surface area contributed by atoms with Gasteiger partial charge in [-0.25, -0.2) is 4.98 Å². The Morgan fingerprint density at radius 1 is 1.32 bits per heavy atom. The number of benzene rings is 1. The standard InChI is InChI=1S/C15H21N3O/c1-4-5-15-17-6-7-18(15)13-8-12(16)9-14(10-13)19-11(2)3/h6-11H,4-5,16H2,1-3H3. The second-order valence-electron chi connectivity index (χ2n) is 4.89. The van der Waals surface area contributed by atoms with Gasteiger partial charge in [-0.05, 0) is 26.3 Å². The average Bonchev–Trinajstić information content (AvgIpc) is 2.76. The molecule has 1 aromatic carbocycles. The summed E-state index contributed by atoms with van der Waals surface area (Å²) in [6, 6.07) is 5.78. The lowest BCUT2D eigenvalue weighted by Gasteiger charge is -2.14. The number of hydrogen-bond acceptors (Lipinski definition) is 3. The fourth-order valence-electron chi connectivity index (χ4n) is 2.06. The SMILES string of the molecule is CCCc1nccn1-c1cc(N)cc(OC(C)C)c1. The summed E-state index contributed by atoms with van der Waals surface area (Å²) in [5, 5.41) is 0. The number of nitrogen functional groups attached to an aromatic ring is 1. The summed E-state index contributed by atoms with van der Waals surface area (Å²) >= 11 is 0. The monoisotopic (exact) mass is 259 g/mol. The summed E-state index contributed by atoms with van der Waals surface area (Å²) in [5.41, 5.74) is 7.65. The Labute approximate surface area is 114 Å². The van der Waals surface area contributed by atoms with Crippen LogP contribution in [0.15, 0.2) is 30.6 Å². The summed E-state index contributed by atoms with van der Waals surface area (Å²) in [5.74, 6) is 1.84. The van der Waals surface area contributed by atoms with Gasteiger partial charge in [-0.2, -0.15) is 0 Å². The van der Waals surface area contributed by atoms with Crippen LogP contribution in [-0.4, -0.2) is 15.7 Å². The number of aryl methyl sites for hydroxylation is 1. The molecular formula is C15H21N3O. The van der Waals surface area contributed by atoms with Crippen LogP contribution in [0, 0.1) is 0 Å². The number of anilines is 1. The maximum atomic E-state index is 5.95. The van der Waals surface area contributed by atoms with Crippen molar-refractivity contribution in [3.05, 3.63) is 36.4 Å². The normalized spacial score (nSPS) is 10.9. The maximum Gasteiger partial charge on any atom is 0.123 e. The molecule has 1 heterocycles. The van der Waals surface area contributed by atoms with Gasteiger partial charge in [0, 0.05) is 36.6 Å². The van der Waals surface area contributed by atoms with Crippen molar-refractivity contribution in [2.75, 3.05) is 5.73 Å². The maximum absolute atomic E-state index is 5.95. The van der Waals surface area contributed by atoms with E-state index < -0.39 is 0 Å². The molecule has 2 N–H and O–H groups in total. The van der Waals surface area contributed by atoms with Crippen LogP contribution >= 0.6 is 0 Å². The van der Waals surface area contributed by atoms with Crippen molar-refractivity contribution in [2.45, 2.75) is 39.7 Å². The quantitative estimate of drug-likeness (QED) is 0.839. The molecule has 0 unspecified atom stereocenters. The minimum atomic E-state index is 0.132. The highest BCUT2D eigenvalue weighted by Crippen LogP contribution is 2.23. The van der Waals surface area contributed by atoms with Crippen molar-refractivity contribution in [1.82, 2.24) is 9.55 Å². The topological polar surface area (TPSA) is 53.1 Å². The van der Waals surface area contributed by atoms with E-state index in [2.05, 4.69) is 16.5 Å². The summed E-state index contributed by atoms with van der Waals surface area (Å²) in [7, 11) is 0. The van der Waals surface area contributed by atoms with E-state index in [0.29, 0.717) is 5.69 Å². The molecule has 0 aliphatic carbocycles. The third-order valence-corrected chi connectivity index (χ3v) is 2.75. The van der Waals surface area contributed by atoms with E-state index >= 15 is 0 Å². The lowest BCUT2D eigenvalue weighted by atomic mass is 10.2. The molecule has 0 saturated carbocycles. The Morgan fingerprint density at radius 2 is 2.11 bits per heavy atom. The van der Waals surface area contributed by atoms with Crippen LogP contribution < -0.4 is 10.5 Å². The second kappa shape index (κ2) is 5.78. The minimum Gasteiger partial charge on any atom is -0.491 e. The Kier molecular flexibility index (Phi) is 4.10. The van der Waals surface area contributed by atoms with Crippen molar-refractivity contribution in [2.24, 2.45) is 0 Å². The van der Waals surface area contributed by atoms with Crippen molar-refractivity contribution >= 4 is 5.69 Å². The summed E-state index contributed by atoms with van der Waals surface area (Å²) in [6.07, 6.45) is 5.92. The Morgan fingerprint density at radius 3 is 2.79 bits per heavy atom. The molecule has 0 amide bonds. The van der Waals surface area contributed by atoms with E-state index in [1.165, 1.54) is 0 Å². The lowest BCUT2D eigenvalue weighted by Crippen LogP contribution is -2.07. The molecule has 0 aliphatic heterocycles. The van der Waals surface area contributed by atoms with Gasteiger partial charge in [0.25, 0.3) is 0 Å². The van der Waals surface area contributed by atoms with E-state index in [-0.39, 0.29) is 6.10 Å². The van der Waals surface area contributed by atoms with Crippen LogP contribution in [0.2, 0.25) is 0 Å². The number of nitrogens with two attached hydrogens (primary N) is 1. The zero-order chi connectivity index (χ0) is 13.8. The van der Waals surface area contributed by atoms with Crippen molar-refractivity contribution in [3.8, 4) is 11.4 Å². The van der Waals surface area contributed by atoms with Crippen LogP contribution in [0.3, 0.4) is 0 Å². The predicted octanol–water partition coefficient (Wildman–Crippen LogP) is 3.19. The molecule has 0 aliphatic rings. The highest BCUT2D eigenvalue weighted by molar-refractivity contribution is 5.54. The van der Waals surface area contributed by atoms with Gasteiger partial charge in [0.15, 0.2) is 0 Å².